The monoisotopic (exact) mass is 446 g/mol. The second kappa shape index (κ2) is 10.1. The van der Waals surface area contributed by atoms with Crippen LogP contribution in [-0.2, 0) is 16.0 Å². The van der Waals surface area contributed by atoms with Gasteiger partial charge in [0, 0.05) is 16.6 Å². The number of hydrogen-bond donors (Lipinski definition) is 1. The highest BCUT2D eigenvalue weighted by atomic mass is 32.1. The van der Waals surface area contributed by atoms with Gasteiger partial charge in [-0.25, -0.2) is 0 Å². The Morgan fingerprint density at radius 3 is 2.38 bits per heavy atom. The molecule has 0 spiro atoms. The third-order valence-electron chi connectivity index (χ3n) is 6.15. The molecule has 1 aliphatic carbocycles. The van der Waals surface area contributed by atoms with E-state index < -0.39 is 6.04 Å². The average molecular weight is 447 g/mol. The van der Waals surface area contributed by atoms with E-state index in [4.69, 9.17) is 0 Å². The fourth-order valence-electron chi connectivity index (χ4n) is 4.42. The molecule has 1 aliphatic rings. The van der Waals surface area contributed by atoms with Gasteiger partial charge in [0.1, 0.15) is 6.04 Å². The minimum Gasteiger partial charge on any atom is -0.351 e. The molecule has 1 fully saturated rings. The molecule has 166 valence electrons. The minimum absolute atomic E-state index is 0.0751. The van der Waals surface area contributed by atoms with E-state index in [-0.39, 0.29) is 24.3 Å². The van der Waals surface area contributed by atoms with Crippen LogP contribution < -0.4 is 10.2 Å². The van der Waals surface area contributed by atoms with Crippen molar-refractivity contribution in [2.24, 2.45) is 0 Å². The third kappa shape index (κ3) is 5.10. The molecule has 5 heteroatoms. The van der Waals surface area contributed by atoms with Crippen LogP contribution in [0.3, 0.4) is 0 Å². The Hall–Kier alpha value is -2.92. The Balaban J connectivity index is 1.77. The zero-order valence-electron chi connectivity index (χ0n) is 18.7. The van der Waals surface area contributed by atoms with Crippen molar-refractivity contribution >= 4 is 28.8 Å². The van der Waals surface area contributed by atoms with E-state index >= 15 is 0 Å². The number of carbonyl (C=O) groups excluding carboxylic acids is 2. The molecule has 2 amide bonds. The molecule has 0 unspecified atom stereocenters. The van der Waals surface area contributed by atoms with E-state index in [0.29, 0.717) is 0 Å². The number of hydrogen-bond acceptors (Lipinski definition) is 3. The van der Waals surface area contributed by atoms with Crippen molar-refractivity contribution in [1.82, 2.24) is 5.32 Å². The quantitative estimate of drug-likeness (QED) is 0.503. The summed E-state index contributed by atoms with van der Waals surface area (Å²) in [7, 11) is 0. The topological polar surface area (TPSA) is 49.4 Å². The standard InChI is InChI=1S/C27H30N2O2S/c1-19-13-15-21(16-14-19)26(27(31)28-22-9-4-5-10-22)29(24-12-6-3-8-20(24)2)25(30)18-23-11-7-17-32-23/h3,6-8,11-17,22,26H,4-5,9-10,18H2,1-2H3,(H,28,31)/t26-/m1/s1. The van der Waals surface area contributed by atoms with E-state index in [1.807, 2.05) is 79.9 Å². The van der Waals surface area contributed by atoms with Crippen LogP contribution in [0.2, 0.25) is 0 Å². The van der Waals surface area contributed by atoms with Crippen molar-refractivity contribution in [2.45, 2.75) is 58.0 Å². The predicted molar refractivity (Wildman–Crippen MR) is 131 cm³/mol. The summed E-state index contributed by atoms with van der Waals surface area (Å²) < 4.78 is 0. The summed E-state index contributed by atoms with van der Waals surface area (Å²) in [5.74, 6) is -0.183. The molecular weight excluding hydrogens is 416 g/mol. The molecule has 2 aromatic carbocycles. The summed E-state index contributed by atoms with van der Waals surface area (Å²) in [4.78, 5) is 30.2. The van der Waals surface area contributed by atoms with Crippen LogP contribution in [0.4, 0.5) is 5.69 Å². The smallest absolute Gasteiger partial charge is 0.248 e. The molecule has 0 saturated heterocycles. The number of nitrogens with one attached hydrogen (secondary N) is 1. The van der Waals surface area contributed by atoms with Crippen molar-refractivity contribution in [1.29, 1.82) is 0 Å². The van der Waals surface area contributed by atoms with Gasteiger partial charge in [-0.3, -0.25) is 14.5 Å². The lowest BCUT2D eigenvalue weighted by Crippen LogP contribution is -2.47. The van der Waals surface area contributed by atoms with Gasteiger partial charge in [0.15, 0.2) is 0 Å². The first-order valence-electron chi connectivity index (χ1n) is 11.3. The number of carbonyl (C=O) groups is 2. The van der Waals surface area contributed by atoms with Crippen LogP contribution in [0.25, 0.3) is 0 Å². The largest absolute Gasteiger partial charge is 0.351 e. The van der Waals surface area contributed by atoms with Crippen molar-refractivity contribution in [3.05, 3.63) is 87.6 Å². The molecule has 3 aromatic rings. The van der Waals surface area contributed by atoms with Gasteiger partial charge >= 0.3 is 0 Å². The summed E-state index contributed by atoms with van der Waals surface area (Å²) in [6.45, 7) is 4.01. The molecule has 4 rings (SSSR count). The molecule has 1 saturated carbocycles. The van der Waals surface area contributed by atoms with Crippen LogP contribution in [0.5, 0.6) is 0 Å². The van der Waals surface area contributed by atoms with Gasteiger partial charge in [-0.1, -0.05) is 66.9 Å². The van der Waals surface area contributed by atoms with Crippen molar-refractivity contribution in [3.8, 4) is 0 Å². The SMILES string of the molecule is Cc1ccc([C@H](C(=O)NC2CCCC2)N(C(=O)Cc2cccs2)c2ccccc2C)cc1. The Morgan fingerprint density at radius 2 is 1.72 bits per heavy atom. The number of aryl methyl sites for hydroxylation is 2. The zero-order chi connectivity index (χ0) is 22.5. The average Bonchev–Trinajstić information content (AvgIpc) is 3.48. The fraction of sp³-hybridized carbons (Fsp3) is 0.333. The molecule has 1 aromatic heterocycles. The predicted octanol–water partition coefficient (Wildman–Crippen LogP) is 5.74. The van der Waals surface area contributed by atoms with Crippen molar-refractivity contribution in [3.63, 3.8) is 0 Å². The minimum atomic E-state index is -0.718. The number of thiophene rings is 1. The molecule has 32 heavy (non-hydrogen) atoms. The first-order valence-corrected chi connectivity index (χ1v) is 12.2. The highest BCUT2D eigenvalue weighted by molar-refractivity contribution is 7.10. The zero-order valence-corrected chi connectivity index (χ0v) is 19.5. The highest BCUT2D eigenvalue weighted by Gasteiger charge is 2.34. The van der Waals surface area contributed by atoms with E-state index in [2.05, 4.69) is 5.32 Å². The number of benzene rings is 2. The van der Waals surface area contributed by atoms with Gasteiger partial charge in [0.05, 0.1) is 6.42 Å². The van der Waals surface area contributed by atoms with Crippen LogP contribution in [0, 0.1) is 13.8 Å². The van der Waals surface area contributed by atoms with Crippen LogP contribution in [-0.4, -0.2) is 17.9 Å². The molecule has 0 bridgehead atoms. The van der Waals surface area contributed by atoms with E-state index in [0.717, 1.165) is 52.9 Å². The first kappa shape index (κ1) is 22.3. The van der Waals surface area contributed by atoms with Gasteiger partial charge in [-0.2, -0.15) is 0 Å². The molecular formula is C27H30N2O2S. The molecule has 1 heterocycles. The lowest BCUT2D eigenvalue weighted by atomic mass is 9.99. The third-order valence-corrected chi connectivity index (χ3v) is 7.03. The Labute approximate surface area is 194 Å². The van der Waals surface area contributed by atoms with Crippen LogP contribution in [0.15, 0.2) is 66.0 Å². The molecule has 1 atom stereocenters. The van der Waals surface area contributed by atoms with Gasteiger partial charge in [-0.15, -0.1) is 11.3 Å². The number of amides is 2. The summed E-state index contributed by atoms with van der Waals surface area (Å²) in [6.07, 6.45) is 4.54. The maximum absolute atomic E-state index is 13.7. The number of rotatable bonds is 7. The second-order valence-electron chi connectivity index (χ2n) is 8.61. The van der Waals surface area contributed by atoms with Gasteiger partial charge in [0.25, 0.3) is 0 Å². The fourth-order valence-corrected chi connectivity index (χ4v) is 5.11. The van der Waals surface area contributed by atoms with Crippen LogP contribution >= 0.6 is 11.3 Å². The number of para-hydroxylation sites is 1. The maximum Gasteiger partial charge on any atom is 0.248 e. The van der Waals surface area contributed by atoms with Gasteiger partial charge in [0.2, 0.25) is 11.8 Å². The number of nitrogens with zero attached hydrogens (tertiary/aromatic N) is 1. The van der Waals surface area contributed by atoms with Gasteiger partial charge in [-0.05, 0) is 55.3 Å². The Kier molecular flexibility index (Phi) is 7.05. The van der Waals surface area contributed by atoms with E-state index in [1.54, 1.807) is 16.2 Å². The van der Waals surface area contributed by atoms with E-state index in [9.17, 15) is 9.59 Å². The maximum atomic E-state index is 13.7. The van der Waals surface area contributed by atoms with E-state index in [1.165, 1.54) is 0 Å². The van der Waals surface area contributed by atoms with Crippen molar-refractivity contribution < 1.29 is 9.59 Å². The molecule has 1 N–H and O–H groups in total. The summed E-state index contributed by atoms with van der Waals surface area (Å²) in [5, 5.41) is 5.22. The molecule has 0 aliphatic heterocycles. The highest BCUT2D eigenvalue weighted by Crippen LogP contribution is 2.32. The van der Waals surface area contributed by atoms with Crippen molar-refractivity contribution in [2.75, 3.05) is 4.90 Å². The summed E-state index contributed by atoms with van der Waals surface area (Å²) in [6, 6.07) is 19.1. The van der Waals surface area contributed by atoms with Gasteiger partial charge < -0.3 is 5.32 Å². The second-order valence-corrected chi connectivity index (χ2v) is 9.64. The Morgan fingerprint density at radius 1 is 1.00 bits per heavy atom. The lowest BCUT2D eigenvalue weighted by molar-refractivity contribution is -0.127. The lowest BCUT2D eigenvalue weighted by Gasteiger charge is -2.33. The van der Waals surface area contributed by atoms with Crippen LogP contribution in [0.1, 0.15) is 53.3 Å². The summed E-state index contributed by atoms with van der Waals surface area (Å²) in [5.41, 5.74) is 3.70. The number of anilines is 1. The Bertz CT molecular complexity index is 1050. The normalized spacial score (nSPS) is 14.8. The molecule has 4 nitrogen and oxygen atoms in total. The summed E-state index contributed by atoms with van der Waals surface area (Å²) >= 11 is 1.56. The first-order chi connectivity index (χ1) is 15.5. The molecule has 0 radical (unpaired) electrons.